The van der Waals surface area contributed by atoms with Crippen molar-refractivity contribution in [2.75, 3.05) is 13.2 Å². The number of ether oxygens (including phenoxy) is 2. The van der Waals surface area contributed by atoms with Crippen LogP contribution in [0, 0.1) is 47.1 Å². The molecule has 0 aromatic heterocycles. The van der Waals surface area contributed by atoms with Gasteiger partial charge >= 0.3 is 0 Å². The molecule has 196 valence electrons. The van der Waals surface area contributed by atoms with E-state index < -0.39 is 11.6 Å². The van der Waals surface area contributed by atoms with Crippen LogP contribution in [0.3, 0.4) is 0 Å². The minimum atomic E-state index is -0.926. The fourth-order valence-corrected chi connectivity index (χ4v) is 6.93. The SMILES string of the molecule is C=CC1CCC(COc2ccc(OCC3CCC(C4CCC(CCC)CC4)CC3)c(F)c2F)CC1. The molecule has 0 spiro atoms. The molecule has 0 aliphatic heterocycles. The van der Waals surface area contributed by atoms with Gasteiger partial charge in [-0.15, -0.1) is 6.58 Å². The summed E-state index contributed by atoms with van der Waals surface area (Å²) in [7, 11) is 0. The Hall–Kier alpha value is -1.58. The van der Waals surface area contributed by atoms with E-state index in [9.17, 15) is 8.78 Å². The van der Waals surface area contributed by atoms with E-state index in [-0.39, 0.29) is 11.5 Å². The molecule has 1 aromatic rings. The Bertz CT molecular complexity index is 785. The number of hydrogen-bond donors (Lipinski definition) is 0. The third-order valence-electron chi connectivity index (χ3n) is 9.33. The van der Waals surface area contributed by atoms with Crippen molar-refractivity contribution in [3.8, 4) is 11.5 Å². The van der Waals surface area contributed by atoms with E-state index in [1.54, 1.807) is 0 Å². The van der Waals surface area contributed by atoms with Gasteiger partial charge in [0.05, 0.1) is 13.2 Å². The first kappa shape index (κ1) is 26.5. The molecule has 3 aliphatic carbocycles. The van der Waals surface area contributed by atoms with Crippen molar-refractivity contribution in [2.45, 2.75) is 96.8 Å². The maximum absolute atomic E-state index is 14.7. The fraction of sp³-hybridized carbons (Fsp3) is 0.742. The molecular weight excluding hydrogens is 442 g/mol. The van der Waals surface area contributed by atoms with Gasteiger partial charge in [0.2, 0.25) is 11.6 Å². The summed E-state index contributed by atoms with van der Waals surface area (Å²) in [4.78, 5) is 0. The van der Waals surface area contributed by atoms with E-state index in [4.69, 9.17) is 9.47 Å². The minimum Gasteiger partial charge on any atom is -0.490 e. The number of halogens is 2. The topological polar surface area (TPSA) is 18.5 Å². The Morgan fingerprint density at radius 2 is 1.14 bits per heavy atom. The van der Waals surface area contributed by atoms with E-state index in [0.29, 0.717) is 31.0 Å². The summed E-state index contributed by atoms with van der Waals surface area (Å²) in [5.41, 5.74) is 0. The summed E-state index contributed by atoms with van der Waals surface area (Å²) in [6, 6.07) is 3.05. The van der Waals surface area contributed by atoms with Crippen LogP contribution >= 0.6 is 0 Å². The van der Waals surface area contributed by atoms with Crippen LogP contribution < -0.4 is 9.47 Å². The number of allylic oxidation sites excluding steroid dienone is 1. The molecule has 3 aliphatic rings. The van der Waals surface area contributed by atoms with Gasteiger partial charge in [0.1, 0.15) is 0 Å². The molecule has 35 heavy (non-hydrogen) atoms. The lowest BCUT2D eigenvalue weighted by Gasteiger charge is -2.37. The molecule has 4 rings (SSSR count). The average Bonchev–Trinajstić information content (AvgIpc) is 2.90. The van der Waals surface area contributed by atoms with Crippen LogP contribution in [0.25, 0.3) is 0 Å². The molecule has 0 radical (unpaired) electrons. The average molecular weight is 489 g/mol. The second-order valence-electron chi connectivity index (χ2n) is 11.7. The van der Waals surface area contributed by atoms with Gasteiger partial charge in [-0.05, 0) is 112 Å². The van der Waals surface area contributed by atoms with Crippen molar-refractivity contribution >= 4 is 0 Å². The number of hydrogen-bond acceptors (Lipinski definition) is 2. The van der Waals surface area contributed by atoms with Crippen LogP contribution in [0.4, 0.5) is 8.78 Å². The molecule has 2 nitrogen and oxygen atoms in total. The standard InChI is InChI=1S/C31H46F2O2/c1-3-5-23-10-14-26(15-11-23)27-16-12-25(13-17-27)21-35-29-19-18-28(30(32)31(29)33)34-20-24-8-6-22(4-2)7-9-24/h4,18-19,22-27H,2-3,5-17,20-21H2,1H3. The maximum Gasteiger partial charge on any atom is 0.204 e. The predicted octanol–water partition coefficient (Wildman–Crippen LogP) is 9.13. The van der Waals surface area contributed by atoms with Crippen LogP contribution in [0.2, 0.25) is 0 Å². The van der Waals surface area contributed by atoms with Crippen LogP contribution in [-0.2, 0) is 0 Å². The predicted molar refractivity (Wildman–Crippen MR) is 139 cm³/mol. The summed E-state index contributed by atoms with van der Waals surface area (Å²) in [6.45, 7) is 7.08. The summed E-state index contributed by atoms with van der Waals surface area (Å²) < 4.78 is 40.8. The van der Waals surface area contributed by atoms with Crippen molar-refractivity contribution in [1.29, 1.82) is 0 Å². The Morgan fingerprint density at radius 3 is 1.57 bits per heavy atom. The monoisotopic (exact) mass is 488 g/mol. The number of benzene rings is 1. The van der Waals surface area contributed by atoms with Gasteiger partial charge in [-0.3, -0.25) is 0 Å². The second-order valence-corrected chi connectivity index (χ2v) is 11.7. The van der Waals surface area contributed by atoms with Crippen LogP contribution in [-0.4, -0.2) is 13.2 Å². The zero-order chi connectivity index (χ0) is 24.6. The maximum atomic E-state index is 14.7. The summed E-state index contributed by atoms with van der Waals surface area (Å²) >= 11 is 0. The Kier molecular flexibility index (Phi) is 9.92. The highest BCUT2D eigenvalue weighted by Gasteiger charge is 2.31. The molecule has 0 amide bonds. The van der Waals surface area contributed by atoms with Crippen molar-refractivity contribution < 1.29 is 18.3 Å². The highest BCUT2D eigenvalue weighted by atomic mass is 19.2. The third kappa shape index (κ3) is 7.23. The lowest BCUT2D eigenvalue weighted by atomic mass is 9.69. The van der Waals surface area contributed by atoms with E-state index in [1.807, 2.05) is 6.08 Å². The second kappa shape index (κ2) is 13.1. The summed E-state index contributed by atoms with van der Waals surface area (Å²) in [5.74, 6) is 2.29. The largest absolute Gasteiger partial charge is 0.490 e. The Morgan fingerprint density at radius 1 is 0.714 bits per heavy atom. The molecule has 0 unspecified atom stereocenters. The molecule has 0 N–H and O–H groups in total. The van der Waals surface area contributed by atoms with Gasteiger partial charge in [0.25, 0.3) is 0 Å². The van der Waals surface area contributed by atoms with Crippen molar-refractivity contribution in [3.05, 3.63) is 36.4 Å². The minimum absolute atomic E-state index is 0.00476. The van der Waals surface area contributed by atoms with Gasteiger partial charge in [-0.1, -0.05) is 38.7 Å². The molecular formula is C31H46F2O2. The highest BCUT2D eigenvalue weighted by molar-refractivity contribution is 5.35. The van der Waals surface area contributed by atoms with Crippen LogP contribution in [0.1, 0.15) is 96.8 Å². The van der Waals surface area contributed by atoms with Crippen molar-refractivity contribution in [1.82, 2.24) is 0 Å². The van der Waals surface area contributed by atoms with Gasteiger partial charge in [0.15, 0.2) is 11.5 Å². The Labute approximate surface area is 211 Å². The first-order valence-corrected chi connectivity index (χ1v) is 14.4. The number of rotatable bonds is 10. The first-order valence-electron chi connectivity index (χ1n) is 14.4. The zero-order valence-corrected chi connectivity index (χ0v) is 21.8. The lowest BCUT2D eigenvalue weighted by Crippen LogP contribution is -2.27. The molecule has 3 saturated carbocycles. The first-order chi connectivity index (χ1) is 17.1. The fourth-order valence-electron chi connectivity index (χ4n) is 6.93. The molecule has 0 heterocycles. The van der Waals surface area contributed by atoms with Gasteiger partial charge in [0, 0.05) is 0 Å². The van der Waals surface area contributed by atoms with Crippen molar-refractivity contribution in [3.63, 3.8) is 0 Å². The van der Waals surface area contributed by atoms with E-state index in [1.165, 1.54) is 63.5 Å². The normalized spacial score (nSPS) is 31.6. The van der Waals surface area contributed by atoms with E-state index in [2.05, 4.69) is 13.5 Å². The van der Waals surface area contributed by atoms with E-state index in [0.717, 1.165) is 56.3 Å². The molecule has 3 fully saturated rings. The lowest BCUT2D eigenvalue weighted by molar-refractivity contribution is 0.120. The van der Waals surface area contributed by atoms with Gasteiger partial charge in [-0.2, -0.15) is 8.78 Å². The zero-order valence-electron chi connectivity index (χ0n) is 21.8. The molecule has 1 aromatic carbocycles. The quantitative estimate of drug-likeness (QED) is 0.306. The van der Waals surface area contributed by atoms with E-state index >= 15 is 0 Å². The molecule has 0 atom stereocenters. The van der Waals surface area contributed by atoms with Crippen LogP contribution in [0.5, 0.6) is 11.5 Å². The molecule has 0 saturated heterocycles. The highest BCUT2D eigenvalue weighted by Crippen LogP contribution is 2.42. The molecule has 4 heteroatoms. The summed E-state index contributed by atoms with van der Waals surface area (Å²) in [5, 5.41) is 0. The summed E-state index contributed by atoms with van der Waals surface area (Å²) in [6.07, 6.45) is 19.5. The third-order valence-corrected chi connectivity index (χ3v) is 9.33. The van der Waals surface area contributed by atoms with Gasteiger partial charge < -0.3 is 9.47 Å². The Balaban J connectivity index is 1.18. The molecule has 0 bridgehead atoms. The smallest absolute Gasteiger partial charge is 0.204 e. The van der Waals surface area contributed by atoms with Gasteiger partial charge in [-0.25, -0.2) is 0 Å². The van der Waals surface area contributed by atoms with Crippen LogP contribution in [0.15, 0.2) is 24.8 Å². The van der Waals surface area contributed by atoms with Crippen molar-refractivity contribution in [2.24, 2.45) is 35.5 Å².